The predicted octanol–water partition coefficient (Wildman–Crippen LogP) is 1.15. The van der Waals surface area contributed by atoms with Gasteiger partial charge in [0.2, 0.25) is 0 Å². The number of hydrogen-bond donors (Lipinski definition) is 1. The van der Waals surface area contributed by atoms with Crippen molar-refractivity contribution < 1.29 is 19.4 Å². The van der Waals surface area contributed by atoms with Crippen molar-refractivity contribution in [3.63, 3.8) is 0 Å². The van der Waals surface area contributed by atoms with Crippen LogP contribution in [0.25, 0.3) is 0 Å². The third-order valence-electron chi connectivity index (χ3n) is 1.88. The Hall–Kier alpha value is -1.45. The van der Waals surface area contributed by atoms with E-state index in [-0.39, 0.29) is 18.1 Å². The van der Waals surface area contributed by atoms with Gasteiger partial charge in [-0.15, -0.1) is 0 Å². The van der Waals surface area contributed by atoms with Gasteiger partial charge in [-0.2, -0.15) is 0 Å². The first-order valence-corrected chi connectivity index (χ1v) is 3.90. The third-order valence-corrected chi connectivity index (χ3v) is 1.88. The Morgan fingerprint density at radius 2 is 2.23 bits per heavy atom. The van der Waals surface area contributed by atoms with Crippen molar-refractivity contribution in [1.82, 2.24) is 0 Å². The maximum Gasteiger partial charge on any atom is 0.198 e. The lowest BCUT2D eigenvalue weighted by molar-refractivity contribution is -0.110. The van der Waals surface area contributed by atoms with Crippen molar-refractivity contribution in [2.24, 2.45) is 5.92 Å². The van der Waals surface area contributed by atoms with E-state index in [1.54, 1.807) is 6.08 Å². The van der Waals surface area contributed by atoms with Crippen LogP contribution in [0.5, 0.6) is 0 Å². The van der Waals surface area contributed by atoms with Crippen LogP contribution in [0.2, 0.25) is 0 Å². The molecule has 13 heavy (non-hydrogen) atoms. The molecule has 1 atom stereocenters. The number of methoxy groups -OCH3 is 2. The molecule has 0 amide bonds. The van der Waals surface area contributed by atoms with Crippen LogP contribution in [-0.2, 0) is 14.3 Å². The summed E-state index contributed by atoms with van der Waals surface area (Å²) in [6.07, 6.45) is 2.67. The molecular formula is C9H12O4. The molecule has 1 unspecified atom stereocenters. The molecule has 0 spiro atoms. The summed E-state index contributed by atoms with van der Waals surface area (Å²) in [5.74, 6) is 0.441. The first kappa shape index (κ1) is 9.64. The Kier molecular flexibility index (Phi) is 2.95. The highest BCUT2D eigenvalue weighted by Crippen LogP contribution is 2.27. The van der Waals surface area contributed by atoms with Crippen LogP contribution in [-0.4, -0.2) is 25.6 Å². The number of allylic oxidation sites excluding steroid dienone is 2. The minimum atomic E-state index is -0.325. The van der Waals surface area contributed by atoms with E-state index >= 15 is 0 Å². The molecule has 0 saturated heterocycles. The Morgan fingerprint density at radius 3 is 2.69 bits per heavy atom. The number of aliphatic hydroxyl groups is 1. The smallest absolute Gasteiger partial charge is 0.198 e. The molecule has 0 aliphatic heterocycles. The van der Waals surface area contributed by atoms with E-state index in [0.717, 1.165) is 6.29 Å². The number of carbonyl (C=O) groups excluding carboxylic acids is 1. The van der Waals surface area contributed by atoms with Crippen LogP contribution < -0.4 is 0 Å². The van der Waals surface area contributed by atoms with Crippen molar-refractivity contribution in [1.29, 1.82) is 0 Å². The van der Waals surface area contributed by atoms with Crippen LogP contribution in [0.3, 0.4) is 0 Å². The second kappa shape index (κ2) is 3.98. The summed E-state index contributed by atoms with van der Waals surface area (Å²) in [6.45, 7) is 0. The molecule has 0 aromatic rings. The molecule has 1 aliphatic carbocycles. The van der Waals surface area contributed by atoms with Gasteiger partial charge in [0.15, 0.2) is 11.5 Å². The van der Waals surface area contributed by atoms with Gasteiger partial charge < -0.3 is 19.4 Å². The number of carbonyl (C=O) groups is 1. The van der Waals surface area contributed by atoms with Crippen molar-refractivity contribution in [3.05, 3.63) is 23.4 Å². The van der Waals surface area contributed by atoms with E-state index in [9.17, 15) is 9.90 Å². The quantitative estimate of drug-likeness (QED) is 0.668. The molecule has 0 bridgehead atoms. The third kappa shape index (κ3) is 1.83. The molecular weight excluding hydrogens is 172 g/mol. The minimum Gasteiger partial charge on any atom is -0.508 e. The van der Waals surface area contributed by atoms with Gasteiger partial charge >= 0.3 is 0 Å². The fourth-order valence-electron chi connectivity index (χ4n) is 1.25. The average molecular weight is 184 g/mol. The second-order valence-electron chi connectivity index (χ2n) is 2.72. The van der Waals surface area contributed by atoms with Crippen LogP contribution in [0.1, 0.15) is 6.42 Å². The van der Waals surface area contributed by atoms with Crippen LogP contribution in [0, 0.1) is 5.92 Å². The monoisotopic (exact) mass is 184 g/mol. The molecule has 1 rings (SSSR count). The predicted molar refractivity (Wildman–Crippen MR) is 45.9 cm³/mol. The molecule has 0 aromatic carbocycles. The summed E-state index contributed by atoms with van der Waals surface area (Å²) >= 11 is 0. The first-order chi connectivity index (χ1) is 6.22. The topological polar surface area (TPSA) is 55.8 Å². The second-order valence-corrected chi connectivity index (χ2v) is 2.72. The molecule has 72 valence electrons. The van der Waals surface area contributed by atoms with Crippen LogP contribution >= 0.6 is 0 Å². The van der Waals surface area contributed by atoms with Gasteiger partial charge in [0.25, 0.3) is 0 Å². The van der Waals surface area contributed by atoms with Gasteiger partial charge in [-0.3, -0.25) is 0 Å². The molecule has 1 aliphatic rings. The normalized spacial score (nSPS) is 22.3. The zero-order chi connectivity index (χ0) is 9.84. The van der Waals surface area contributed by atoms with Crippen molar-refractivity contribution >= 4 is 6.29 Å². The van der Waals surface area contributed by atoms with Crippen molar-refractivity contribution in [2.75, 3.05) is 14.2 Å². The summed E-state index contributed by atoms with van der Waals surface area (Å²) < 4.78 is 9.88. The number of hydrogen-bond acceptors (Lipinski definition) is 4. The van der Waals surface area contributed by atoms with Gasteiger partial charge in [0, 0.05) is 12.3 Å². The van der Waals surface area contributed by atoms with Gasteiger partial charge in [-0.05, 0) is 6.08 Å². The lowest BCUT2D eigenvalue weighted by atomic mass is 9.99. The fraction of sp³-hybridized carbons (Fsp3) is 0.444. The lowest BCUT2D eigenvalue weighted by Crippen LogP contribution is -2.12. The highest BCUT2D eigenvalue weighted by Gasteiger charge is 2.23. The lowest BCUT2D eigenvalue weighted by Gasteiger charge is -2.18. The molecule has 4 heteroatoms. The zero-order valence-corrected chi connectivity index (χ0v) is 7.61. The maximum atomic E-state index is 10.5. The summed E-state index contributed by atoms with van der Waals surface area (Å²) in [5.41, 5.74) is 0. The Labute approximate surface area is 76.5 Å². The molecule has 0 saturated carbocycles. The molecule has 1 N–H and O–H groups in total. The van der Waals surface area contributed by atoms with Crippen LogP contribution in [0.4, 0.5) is 0 Å². The van der Waals surface area contributed by atoms with Crippen molar-refractivity contribution in [3.8, 4) is 0 Å². The molecule has 0 heterocycles. The van der Waals surface area contributed by atoms with Gasteiger partial charge in [-0.1, -0.05) is 0 Å². The van der Waals surface area contributed by atoms with E-state index in [4.69, 9.17) is 9.47 Å². The van der Waals surface area contributed by atoms with E-state index in [2.05, 4.69) is 0 Å². The van der Waals surface area contributed by atoms with Gasteiger partial charge in [0.05, 0.1) is 14.2 Å². The highest BCUT2D eigenvalue weighted by molar-refractivity contribution is 5.59. The fourth-order valence-corrected chi connectivity index (χ4v) is 1.25. The van der Waals surface area contributed by atoms with Crippen molar-refractivity contribution in [2.45, 2.75) is 6.42 Å². The standard InChI is InChI=1S/C9H12O4/c1-12-8-4-6(5-10)3-7(11)9(8)13-2/h4-6,11H,3H2,1-2H3. The van der Waals surface area contributed by atoms with Gasteiger partial charge in [0.1, 0.15) is 12.0 Å². The summed E-state index contributed by atoms with van der Waals surface area (Å²) in [4.78, 5) is 10.5. The minimum absolute atomic E-state index is 0.0546. The summed E-state index contributed by atoms with van der Waals surface area (Å²) in [7, 11) is 2.91. The molecule has 0 fully saturated rings. The van der Waals surface area contributed by atoms with Crippen LogP contribution in [0.15, 0.2) is 23.4 Å². The summed E-state index contributed by atoms with van der Waals surface area (Å²) in [6, 6.07) is 0. The summed E-state index contributed by atoms with van der Waals surface area (Å²) in [5, 5.41) is 9.45. The number of rotatable bonds is 3. The Balaban J connectivity index is 2.96. The number of aliphatic hydroxyl groups excluding tert-OH is 1. The Morgan fingerprint density at radius 1 is 1.54 bits per heavy atom. The maximum absolute atomic E-state index is 10.5. The average Bonchev–Trinajstić information content (AvgIpc) is 2.16. The largest absolute Gasteiger partial charge is 0.508 e. The molecule has 0 radical (unpaired) electrons. The Bertz CT molecular complexity index is 265. The molecule has 4 nitrogen and oxygen atoms in total. The van der Waals surface area contributed by atoms with E-state index < -0.39 is 0 Å². The molecule has 0 aromatic heterocycles. The zero-order valence-electron chi connectivity index (χ0n) is 7.61. The van der Waals surface area contributed by atoms with E-state index in [0.29, 0.717) is 11.5 Å². The van der Waals surface area contributed by atoms with E-state index in [1.165, 1.54) is 14.2 Å². The number of ether oxygens (including phenoxy) is 2. The SMILES string of the molecule is COC1=CC(C=O)CC(O)=C1OC. The number of aldehydes is 1. The first-order valence-electron chi connectivity index (χ1n) is 3.90. The highest BCUT2D eigenvalue weighted by atomic mass is 16.5. The van der Waals surface area contributed by atoms with Gasteiger partial charge in [-0.25, -0.2) is 0 Å². The van der Waals surface area contributed by atoms with E-state index in [1.807, 2.05) is 0 Å².